The molecule has 0 amide bonds. The number of hydrogen-bond donors (Lipinski definition) is 0. The number of rotatable bonds is 5. The van der Waals surface area contributed by atoms with Crippen LogP contribution in [-0.2, 0) is 19.6 Å². The maximum atomic E-state index is 12.3. The smallest absolute Gasteiger partial charge is 0.363 e. The maximum Gasteiger partial charge on any atom is 0.363 e. The van der Waals surface area contributed by atoms with Gasteiger partial charge < -0.3 is 13.3 Å². The van der Waals surface area contributed by atoms with Crippen molar-refractivity contribution in [3.63, 3.8) is 0 Å². The lowest BCUT2D eigenvalue weighted by Crippen LogP contribution is -2.09. The zero-order valence-corrected chi connectivity index (χ0v) is 16.0. The summed E-state index contributed by atoms with van der Waals surface area (Å²) in [5.41, 5.74) is 1.68. The third kappa shape index (κ3) is 4.12. The van der Waals surface area contributed by atoms with Gasteiger partial charge in [-0.15, -0.1) is 0 Å². The van der Waals surface area contributed by atoms with Gasteiger partial charge in [0.2, 0.25) is 0 Å². The van der Waals surface area contributed by atoms with Crippen molar-refractivity contribution in [3.05, 3.63) is 89.5 Å². The van der Waals surface area contributed by atoms with Crippen molar-refractivity contribution in [2.75, 3.05) is 0 Å². The molecule has 0 spiro atoms. The van der Waals surface area contributed by atoms with Crippen LogP contribution in [0.15, 0.2) is 86.9 Å². The standard InChI is InChI=1S/C21H15NO6S/c1-14-4-10-17(11-5-14)29(24,25)28-16-8-6-15(7-9-16)13-18-21(23)27-20(22-18)19-3-2-12-26-19/h2-13H,1H3/b18-13+. The van der Waals surface area contributed by atoms with Crippen LogP contribution >= 0.6 is 0 Å². The van der Waals surface area contributed by atoms with Crippen LogP contribution in [0, 0.1) is 6.92 Å². The van der Waals surface area contributed by atoms with Crippen LogP contribution in [0.4, 0.5) is 0 Å². The fraction of sp³-hybridized carbons (Fsp3) is 0.0476. The van der Waals surface area contributed by atoms with Gasteiger partial charge in [0.15, 0.2) is 11.5 Å². The number of carbonyl (C=O) groups excluding carboxylic acids is 1. The molecule has 0 unspecified atom stereocenters. The Balaban J connectivity index is 1.52. The highest BCUT2D eigenvalue weighted by atomic mass is 32.2. The number of aryl methyl sites for hydroxylation is 1. The van der Waals surface area contributed by atoms with Crippen LogP contribution in [0.5, 0.6) is 5.75 Å². The predicted molar refractivity (Wildman–Crippen MR) is 105 cm³/mol. The number of nitrogens with zero attached hydrogens (tertiary/aromatic N) is 1. The van der Waals surface area contributed by atoms with E-state index in [9.17, 15) is 13.2 Å². The van der Waals surface area contributed by atoms with E-state index in [-0.39, 0.29) is 22.2 Å². The van der Waals surface area contributed by atoms with Crippen molar-refractivity contribution >= 4 is 28.1 Å². The first-order valence-electron chi connectivity index (χ1n) is 8.58. The Morgan fingerprint density at radius 2 is 1.72 bits per heavy atom. The second-order valence-corrected chi connectivity index (χ2v) is 7.78. The van der Waals surface area contributed by atoms with Gasteiger partial charge in [0.1, 0.15) is 10.6 Å². The third-order valence-electron chi connectivity index (χ3n) is 4.05. The molecule has 2 heterocycles. The van der Waals surface area contributed by atoms with Crippen LogP contribution in [0.25, 0.3) is 6.08 Å². The molecule has 0 saturated carbocycles. The summed E-state index contributed by atoms with van der Waals surface area (Å²) in [5, 5.41) is 0. The van der Waals surface area contributed by atoms with Crippen LogP contribution in [-0.4, -0.2) is 20.3 Å². The Morgan fingerprint density at radius 1 is 1.00 bits per heavy atom. The predicted octanol–water partition coefficient (Wildman–Crippen LogP) is 3.70. The van der Waals surface area contributed by atoms with E-state index < -0.39 is 16.1 Å². The van der Waals surface area contributed by atoms with E-state index in [0.29, 0.717) is 11.3 Å². The molecule has 0 atom stereocenters. The van der Waals surface area contributed by atoms with Gasteiger partial charge in [-0.3, -0.25) is 0 Å². The number of carbonyl (C=O) groups is 1. The minimum absolute atomic E-state index is 0.0720. The van der Waals surface area contributed by atoms with Gasteiger partial charge in [-0.1, -0.05) is 29.8 Å². The number of furan rings is 1. The van der Waals surface area contributed by atoms with Crippen molar-refractivity contribution in [1.82, 2.24) is 0 Å². The summed E-state index contributed by atoms with van der Waals surface area (Å²) >= 11 is 0. The van der Waals surface area contributed by atoms with Crippen LogP contribution < -0.4 is 4.18 Å². The molecule has 29 heavy (non-hydrogen) atoms. The fourth-order valence-electron chi connectivity index (χ4n) is 2.57. The topological polar surface area (TPSA) is 95.2 Å². The number of hydrogen-bond acceptors (Lipinski definition) is 7. The van der Waals surface area contributed by atoms with E-state index in [1.807, 2.05) is 6.92 Å². The molecule has 0 aliphatic carbocycles. The van der Waals surface area contributed by atoms with Gasteiger partial charge in [0, 0.05) is 0 Å². The molecule has 1 aromatic heterocycles. The van der Waals surface area contributed by atoms with E-state index in [4.69, 9.17) is 13.3 Å². The number of ether oxygens (including phenoxy) is 1. The Morgan fingerprint density at radius 3 is 2.38 bits per heavy atom. The lowest BCUT2D eigenvalue weighted by molar-refractivity contribution is -0.130. The first kappa shape index (κ1) is 18.7. The minimum Gasteiger partial charge on any atom is -0.459 e. The van der Waals surface area contributed by atoms with Crippen molar-refractivity contribution < 1.29 is 26.5 Å². The van der Waals surface area contributed by atoms with Crippen LogP contribution in [0.3, 0.4) is 0 Å². The first-order chi connectivity index (χ1) is 13.9. The quantitative estimate of drug-likeness (QED) is 0.362. The highest BCUT2D eigenvalue weighted by Crippen LogP contribution is 2.23. The largest absolute Gasteiger partial charge is 0.459 e. The number of esters is 1. The molecule has 4 rings (SSSR count). The van der Waals surface area contributed by atoms with Crippen LogP contribution in [0.1, 0.15) is 16.9 Å². The molecule has 146 valence electrons. The molecule has 3 aromatic rings. The Bertz CT molecular complexity index is 1210. The van der Waals surface area contributed by atoms with Crippen molar-refractivity contribution in [1.29, 1.82) is 0 Å². The van der Waals surface area contributed by atoms with E-state index in [2.05, 4.69) is 4.99 Å². The maximum absolute atomic E-state index is 12.3. The monoisotopic (exact) mass is 409 g/mol. The normalized spacial score (nSPS) is 15.3. The second-order valence-electron chi connectivity index (χ2n) is 6.23. The summed E-state index contributed by atoms with van der Waals surface area (Å²) in [6.07, 6.45) is 2.98. The molecule has 0 bridgehead atoms. The molecule has 0 saturated heterocycles. The summed E-state index contributed by atoms with van der Waals surface area (Å²) in [5.74, 6) is 0.00220. The molecular weight excluding hydrogens is 394 g/mol. The van der Waals surface area contributed by atoms with Gasteiger partial charge in [0.25, 0.3) is 5.90 Å². The van der Waals surface area contributed by atoms with E-state index >= 15 is 0 Å². The summed E-state index contributed by atoms with van der Waals surface area (Å²) in [7, 11) is -3.93. The number of aliphatic imine (C=N–C) groups is 1. The van der Waals surface area contributed by atoms with Gasteiger partial charge in [-0.25, -0.2) is 9.79 Å². The van der Waals surface area contributed by atoms with Crippen molar-refractivity contribution in [3.8, 4) is 5.75 Å². The number of cyclic esters (lactones) is 1. The highest BCUT2D eigenvalue weighted by Gasteiger charge is 2.25. The van der Waals surface area contributed by atoms with E-state index in [1.165, 1.54) is 36.6 Å². The van der Waals surface area contributed by atoms with Gasteiger partial charge in [-0.05, 0) is 55.0 Å². The molecule has 1 aliphatic rings. The number of benzene rings is 2. The molecule has 7 nitrogen and oxygen atoms in total. The molecule has 2 aromatic carbocycles. The SMILES string of the molecule is Cc1ccc(S(=O)(=O)Oc2ccc(/C=C3/N=C(c4ccco4)OC3=O)cc2)cc1. The summed E-state index contributed by atoms with van der Waals surface area (Å²) in [6.45, 7) is 1.87. The second kappa shape index (κ2) is 7.40. The van der Waals surface area contributed by atoms with E-state index in [0.717, 1.165) is 5.56 Å². The van der Waals surface area contributed by atoms with Crippen LogP contribution in [0.2, 0.25) is 0 Å². The Labute approximate surface area is 167 Å². The van der Waals surface area contributed by atoms with Crippen molar-refractivity contribution in [2.24, 2.45) is 4.99 Å². The molecule has 0 N–H and O–H groups in total. The minimum atomic E-state index is -3.93. The van der Waals surface area contributed by atoms with Gasteiger partial charge in [-0.2, -0.15) is 8.42 Å². The average Bonchev–Trinajstić information content (AvgIpc) is 3.34. The van der Waals surface area contributed by atoms with Gasteiger partial charge in [0.05, 0.1) is 6.26 Å². The summed E-state index contributed by atoms with van der Waals surface area (Å²) < 4.78 is 40.1. The third-order valence-corrected chi connectivity index (χ3v) is 5.31. The molecular formula is C21H15NO6S. The molecule has 0 radical (unpaired) electrons. The van der Waals surface area contributed by atoms with Gasteiger partial charge >= 0.3 is 16.1 Å². The van der Waals surface area contributed by atoms with Crippen molar-refractivity contribution in [2.45, 2.75) is 11.8 Å². The molecule has 1 aliphatic heterocycles. The van der Waals surface area contributed by atoms with E-state index in [1.54, 1.807) is 36.4 Å². The zero-order chi connectivity index (χ0) is 20.4. The molecule has 8 heteroatoms. The fourth-order valence-corrected chi connectivity index (χ4v) is 3.50. The zero-order valence-electron chi connectivity index (χ0n) is 15.2. The summed E-state index contributed by atoms with van der Waals surface area (Å²) in [4.78, 5) is 16.2. The first-order valence-corrected chi connectivity index (χ1v) is 9.99. The summed E-state index contributed by atoms with van der Waals surface area (Å²) in [6, 6.07) is 15.9. The average molecular weight is 409 g/mol. The lowest BCUT2D eigenvalue weighted by Gasteiger charge is -2.07. The Kier molecular flexibility index (Phi) is 4.77. The Hall–Kier alpha value is -3.65. The molecule has 0 fully saturated rings. The highest BCUT2D eigenvalue weighted by molar-refractivity contribution is 7.87. The lowest BCUT2D eigenvalue weighted by atomic mass is 10.2.